The van der Waals surface area contributed by atoms with E-state index in [4.69, 9.17) is 9.15 Å². The second-order valence-electron chi connectivity index (χ2n) is 5.74. The van der Waals surface area contributed by atoms with Crippen molar-refractivity contribution in [2.75, 3.05) is 11.9 Å². The molecule has 0 aliphatic rings. The molecular formula is C21H20N2O4. The van der Waals surface area contributed by atoms with E-state index in [1.807, 2.05) is 31.2 Å². The van der Waals surface area contributed by atoms with Gasteiger partial charge in [-0.15, -0.1) is 0 Å². The van der Waals surface area contributed by atoms with E-state index in [9.17, 15) is 9.59 Å². The predicted octanol–water partition coefficient (Wildman–Crippen LogP) is 3.86. The highest BCUT2D eigenvalue weighted by atomic mass is 16.5. The highest BCUT2D eigenvalue weighted by molar-refractivity contribution is 6.07. The number of para-hydroxylation sites is 1. The zero-order valence-electron chi connectivity index (χ0n) is 14.9. The van der Waals surface area contributed by atoms with Crippen LogP contribution in [0.2, 0.25) is 0 Å². The average molecular weight is 364 g/mol. The Bertz CT molecular complexity index is 902. The van der Waals surface area contributed by atoms with Crippen molar-refractivity contribution < 1.29 is 18.7 Å². The van der Waals surface area contributed by atoms with Crippen molar-refractivity contribution in [2.45, 2.75) is 13.5 Å². The zero-order chi connectivity index (χ0) is 19.1. The van der Waals surface area contributed by atoms with E-state index in [1.54, 1.807) is 36.4 Å². The Hall–Kier alpha value is -3.54. The van der Waals surface area contributed by atoms with Crippen molar-refractivity contribution in [1.82, 2.24) is 5.32 Å². The monoisotopic (exact) mass is 364 g/mol. The topological polar surface area (TPSA) is 80.6 Å². The standard InChI is InChI=1S/C21H20N2O4/c1-2-26-16-11-9-15(10-12-16)14-22-20(24)17-6-3-4-7-18(17)23-21(25)19-8-5-13-27-19/h3-13H,2,14H2,1H3,(H,22,24)(H,23,25). The summed E-state index contributed by atoms with van der Waals surface area (Å²) < 4.78 is 10.5. The van der Waals surface area contributed by atoms with Crippen LogP contribution in [-0.2, 0) is 6.54 Å². The third-order valence-corrected chi connectivity index (χ3v) is 3.85. The third kappa shape index (κ3) is 4.76. The van der Waals surface area contributed by atoms with E-state index in [0.717, 1.165) is 11.3 Å². The molecule has 27 heavy (non-hydrogen) atoms. The van der Waals surface area contributed by atoms with Crippen LogP contribution in [0.4, 0.5) is 5.69 Å². The summed E-state index contributed by atoms with van der Waals surface area (Å²) in [5.41, 5.74) is 1.75. The maximum atomic E-state index is 12.6. The number of anilines is 1. The van der Waals surface area contributed by atoms with Crippen LogP contribution in [0.25, 0.3) is 0 Å². The number of furan rings is 1. The lowest BCUT2D eigenvalue weighted by molar-refractivity contribution is 0.0952. The second-order valence-corrected chi connectivity index (χ2v) is 5.74. The minimum absolute atomic E-state index is 0.180. The molecule has 3 rings (SSSR count). The number of benzene rings is 2. The van der Waals surface area contributed by atoms with E-state index < -0.39 is 5.91 Å². The second kappa shape index (κ2) is 8.71. The van der Waals surface area contributed by atoms with Crippen LogP contribution >= 0.6 is 0 Å². The molecule has 0 atom stereocenters. The summed E-state index contributed by atoms with van der Waals surface area (Å²) >= 11 is 0. The van der Waals surface area contributed by atoms with Gasteiger partial charge in [-0.25, -0.2) is 0 Å². The van der Waals surface area contributed by atoms with Gasteiger partial charge in [0.05, 0.1) is 24.1 Å². The number of nitrogens with one attached hydrogen (secondary N) is 2. The molecule has 0 fully saturated rings. The molecule has 0 saturated heterocycles. The molecule has 6 heteroatoms. The number of carbonyl (C=O) groups excluding carboxylic acids is 2. The summed E-state index contributed by atoms with van der Waals surface area (Å²) in [5, 5.41) is 5.56. The lowest BCUT2D eigenvalue weighted by Gasteiger charge is -2.11. The number of carbonyl (C=O) groups is 2. The molecular weight excluding hydrogens is 344 g/mol. The van der Waals surface area contributed by atoms with Crippen molar-refractivity contribution in [3.8, 4) is 5.75 Å². The fourth-order valence-electron chi connectivity index (χ4n) is 2.53. The minimum Gasteiger partial charge on any atom is -0.494 e. The summed E-state index contributed by atoms with van der Waals surface area (Å²) in [6, 6.07) is 17.5. The molecule has 0 radical (unpaired) electrons. The van der Waals surface area contributed by atoms with Gasteiger partial charge < -0.3 is 19.8 Å². The summed E-state index contributed by atoms with van der Waals surface area (Å²) in [5.74, 6) is 0.282. The van der Waals surface area contributed by atoms with Crippen LogP contribution in [0.15, 0.2) is 71.3 Å². The number of hydrogen-bond donors (Lipinski definition) is 2. The molecule has 2 aromatic carbocycles. The molecule has 0 saturated carbocycles. The van der Waals surface area contributed by atoms with Crippen molar-refractivity contribution >= 4 is 17.5 Å². The predicted molar refractivity (Wildman–Crippen MR) is 102 cm³/mol. The number of hydrogen-bond acceptors (Lipinski definition) is 4. The van der Waals surface area contributed by atoms with Crippen LogP contribution in [0, 0.1) is 0 Å². The molecule has 0 spiro atoms. The fourth-order valence-corrected chi connectivity index (χ4v) is 2.53. The van der Waals surface area contributed by atoms with Crippen molar-refractivity contribution in [2.24, 2.45) is 0 Å². The van der Waals surface area contributed by atoms with E-state index in [-0.39, 0.29) is 11.7 Å². The zero-order valence-corrected chi connectivity index (χ0v) is 14.9. The summed E-state index contributed by atoms with van der Waals surface area (Å²) in [7, 11) is 0. The van der Waals surface area contributed by atoms with Gasteiger partial charge in [0.2, 0.25) is 0 Å². The molecule has 0 aliphatic heterocycles. The first kappa shape index (κ1) is 18.3. The molecule has 0 bridgehead atoms. The van der Waals surface area contributed by atoms with E-state index in [1.165, 1.54) is 6.26 Å². The van der Waals surface area contributed by atoms with E-state index >= 15 is 0 Å². The van der Waals surface area contributed by atoms with Gasteiger partial charge in [-0.05, 0) is 48.9 Å². The molecule has 0 unspecified atom stereocenters. The quantitative estimate of drug-likeness (QED) is 0.667. The molecule has 3 aromatic rings. The van der Waals surface area contributed by atoms with E-state index in [2.05, 4.69) is 10.6 Å². The smallest absolute Gasteiger partial charge is 0.291 e. The summed E-state index contributed by atoms with van der Waals surface area (Å²) in [6.07, 6.45) is 1.42. The molecule has 0 aliphatic carbocycles. The van der Waals surface area contributed by atoms with Gasteiger partial charge in [-0.1, -0.05) is 24.3 Å². The van der Waals surface area contributed by atoms with Gasteiger partial charge in [0.1, 0.15) is 5.75 Å². The minimum atomic E-state index is -0.410. The Morgan fingerprint density at radius 3 is 2.44 bits per heavy atom. The first-order valence-electron chi connectivity index (χ1n) is 8.61. The maximum absolute atomic E-state index is 12.6. The molecule has 2 N–H and O–H groups in total. The Balaban J connectivity index is 1.65. The largest absolute Gasteiger partial charge is 0.494 e. The highest BCUT2D eigenvalue weighted by Crippen LogP contribution is 2.17. The van der Waals surface area contributed by atoms with Gasteiger partial charge in [-0.3, -0.25) is 9.59 Å². The van der Waals surface area contributed by atoms with Crippen LogP contribution in [0.3, 0.4) is 0 Å². The van der Waals surface area contributed by atoms with Gasteiger partial charge >= 0.3 is 0 Å². The Kier molecular flexibility index (Phi) is 5.89. The van der Waals surface area contributed by atoms with Crippen molar-refractivity contribution in [3.63, 3.8) is 0 Å². The van der Waals surface area contributed by atoms with Crippen LogP contribution < -0.4 is 15.4 Å². The fraction of sp³-hybridized carbons (Fsp3) is 0.143. The average Bonchev–Trinajstić information content (AvgIpc) is 3.23. The van der Waals surface area contributed by atoms with E-state index in [0.29, 0.717) is 24.4 Å². The SMILES string of the molecule is CCOc1ccc(CNC(=O)c2ccccc2NC(=O)c2ccco2)cc1. The van der Waals surface area contributed by atoms with Crippen LogP contribution in [0.5, 0.6) is 5.75 Å². The maximum Gasteiger partial charge on any atom is 0.291 e. The molecule has 1 aromatic heterocycles. The van der Waals surface area contributed by atoms with Gasteiger partial charge in [0.15, 0.2) is 5.76 Å². The molecule has 2 amide bonds. The lowest BCUT2D eigenvalue weighted by atomic mass is 10.1. The highest BCUT2D eigenvalue weighted by Gasteiger charge is 2.15. The van der Waals surface area contributed by atoms with Crippen LogP contribution in [-0.4, -0.2) is 18.4 Å². The number of rotatable bonds is 7. The van der Waals surface area contributed by atoms with Gasteiger partial charge in [-0.2, -0.15) is 0 Å². The summed E-state index contributed by atoms with van der Waals surface area (Å²) in [4.78, 5) is 24.7. The first-order valence-corrected chi connectivity index (χ1v) is 8.61. The Morgan fingerprint density at radius 1 is 0.963 bits per heavy atom. The first-order chi connectivity index (χ1) is 13.2. The van der Waals surface area contributed by atoms with Gasteiger partial charge in [0, 0.05) is 6.54 Å². The molecule has 1 heterocycles. The lowest BCUT2D eigenvalue weighted by Crippen LogP contribution is -2.24. The Morgan fingerprint density at radius 2 is 1.74 bits per heavy atom. The van der Waals surface area contributed by atoms with Gasteiger partial charge in [0.25, 0.3) is 11.8 Å². The van der Waals surface area contributed by atoms with Crippen molar-refractivity contribution in [3.05, 3.63) is 83.8 Å². The summed E-state index contributed by atoms with van der Waals surface area (Å²) in [6.45, 7) is 2.90. The normalized spacial score (nSPS) is 10.3. The molecule has 6 nitrogen and oxygen atoms in total. The number of ether oxygens (including phenoxy) is 1. The Labute approximate surface area is 157 Å². The van der Waals surface area contributed by atoms with Crippen LogP contribution in [0.1, 0.15) is 33.4 Å². The number of amides is 2. The third-order valence-electron chi connectivity index (χ3n) is 3.85. The molecule has 138 valence electrons. The van der Waals surface area contributed by atoms with Crippen molar-refractivity contribution in [1.29, 1.82) is 0 Å².